The van der Waals surface area contributed by atoms with Crippen LogP contribution in [0.1, 0.15) is 33.6 Å². The second kappa shape index (κ2) is 6.39. The third-order valence-corrected chi connectivity index (χ3v) is 4.87. The lowest BCUT2D eigenvalue weighted by atomic mass is 9.95. The van der Waals surface area contributed by atoms with Crippen molar-refractivity contribution in [2.45, 2.75) is 25.7 Å². The van der Waals surface area contributed by atoms with Gasteiger partial charge in [-0.15, -0.1) is 11.3 Å². The van der Waals surface area contributed by atoms with Crippen molar-refractivity contribution in [3.63, 3.8) is 0 Å². The molecule has 0 saturated heterocycles. The van der Waals surface area contributed by atoms with E-state index in [2.05, 4.69) is 5.32 Å². The summed E-state index contributed by atoms with van der Waals surface area (Å²) >= 11 is 1.44. The van der Waals surface area contributed by atoms with Crippen LogP contribution in [0.15, 0.2) is 12.0 Å². The van der Waals surface area contributed by atoms with Gasteiger partial charge in [-0.1, -0.05) is 0 Å². The summed E-state index contributed by atoms with van der Waals surface area (Å²) in [6.45, 7) is 0.765. The van der Waals surface area contributed by atoms with Gasteiger partial charge in [-0.2, -0.15) is 0 Å². The molecule has 2 heterocycles. The highest BCUT2D eigenvalue weighted by Crippen LogP contribution is 2.38. The molecule has 1 aromatic heterocycles. The molecule has 0 radical (unpaired) electrons. The van der Waals surface area contributed by atoms with Crippen molar-refractivity contribution < 1.29 is 23.8 Å². The van der Waals surface area contributed by atoms with Crippen LogP contribution in [-0.2, 0) is 31.8 Å². The molecule has 0 aromatic carbocycles. The third kappa shape index (κ3) is 2.81. The Morgan fingerprint density at radius 1 is 1.27 bits per heavy atom. The van der Waals surface area contributed by atoms with Crippen molar-refractivity contribution in [2.75, 3.05) is 25.6 Å². The third-order valence-electron chi connectivity index (χ3n) is 3.66. The van der Waals surface area contributed by atoms with E-state index in [0.29, 0.717) is 23.8 Å². The van der Waals surface area contributed by atoms with Crippen LogP contribution in [0.2, 0.25) is 0 Å². The molecule has 0 saturated carbocycles. The van der Waals surface area contributed by atoms with Gasteiger partial charge in [-0.05, 0) is 31.2 Å². The fourth-order valence-electron chi connectivity index (χ4n) is 2.62. The summed E-state index contributed by atoms with van der Waals surface area (Å²) < 4.78 is 15.2. The first-order valence-electron chi connectivity index (χ1n) is 7.19. The van der Waals surface area contributed by atoms with E-state index in [0.717, 1.165) is 36.1 Å². The summed E-state index contributed by atoms with van der Waals surface area (Å²) in [4.78, 5) is 25.5. The lowest BCUT2D eigenvalue weighted by molar-refractivity contribution is -0.117. The molecule has 0 spiro atoms. The van der Waals surface area contributed by atoms with E-state index in [1.165, 1.54) is 24.7 Å². The lowest BCUT2D eigenvalue weighted by Gasteiger charge is -2.15. The zero-order valence-corrected chi connectivity index (χ0v) is 13.1. The molecule has 0 atom stereocenters. The van der Waals surface area contributed by atoms with Crippen LogP contribution in [0, 0.1) is 0 Å². The molecule has 1 N–H and O–H groups in total. The van der Waals surface area contributed by atoms with Crippen LogP contribution in [-0.4, -0.2) is 32.2 Å². The van der Waals surface area contributed by atoms with E-state index >= 15 is 0 Å². The molecule has 0 fully saturated rings. The summed E-state index contributed by atoms with van der Waals surface area (Å²) in [7, 11) is 1.35. The smallest absolute Gasteiger partial charge is 0.341 e. The topological polar surface area (TPSA) is 73.9 Å². The number of rotatable bonds is 3. The average molecular weight is 323 g/mol. The van der Waals surface area contributed by atoms with Gasteiger partial charge in [-0.25, -0.2) is 4.79 Å². The first-order chi connectivity index (χ1) is 10.7. The number of thiophene rings is 1. The molecule has 6 nitrogen and oxygen atoms in total. The van der Waals surface area contributed by atoms with E-state index in [9.17, 15) is 9.59 Å². The number of aryl methyl sites for hydroxylation is 1. The minimum absolute atomic E-state index is 0.119. The Morgan fingerprint density at radius 3 is 2.82 bits per heavy atom. The maximum Gasteiger partial charge on any atom is 0.341 e. The van der Waals surface area contributed by atoms with E-state index < -0.39 is 11.9 Å². The molecule has 1 amide bonds. The molecule has 1 aliphatic carbocycles. The number of fused-ring (bicyclic) bond motifs is 1. The molecular formula is C15H17NO5S. The van der Waals surface area contributed by atoms with E-state index in [1.54, 1.807) is 0 Å². The molecule has 7 heteroatoms. The van der Waals surface area contributed by atoms with Crippen molar-refractivity contribution >= 4 is 28.2 Å². The van der Waals surface area contributed by atoms with Crippen LogP contribution < -0.4 is 5.32 Å². The Morgan fingerprint density at radius 2 is 2.09 bits per heavy atom. The zero-order chi connectivity index (χ0) is 15.5. The SMILES string of the molecule is COC(=O)c1c(NC(=O)C2=COCCO2)sc2c1CCCC2. The number of anilines is 1. The van der Waals surface area contributed by atoms with Crippen molar-refractivity contribution in [3.8, 4) is 0 Å². The van der Waals surface area contributed by atoms with Gasteiger partial charge in [-0.3, -0.25) is 4.79 Å². The summed E-state index contributed by atoms with van der Waals surface area (Å²) in [6.07, 6.45) is 5.22. The van der Waals surface area contributed by atoms with E-state index in [1.807, 2.05) is 0 Å². The highest BCUT2D eigenvalue weighted by atomic mass is 32.1. The number of carbonyl (C=O) groups is 2. The Hall–Kier alpha value is -2.02. The Balaban J connectivity index is 1.89. The first-order valence-corrected chi connectivity index (χ1v) is 8.01. The number of methoxy groups -OCH3 is 1. The number of nitrogens with one attached hydrogen (secondary N) is 1. The fraction of sp³-hybridized carbons (Fsp3) is 0.467. The maximum atomic E-state index is 12.2. The molecule has 3 rings (SSSR count). The summed E-state index contributed by atoms with van der Waals surface area (Å²) in [5, 5.41) is 3.28. The average Bonchev–Trinajstić information content (AvgIpc) is 2.92. The number of hydrogen-bond acceptors (Lipinski definition) is 6. The Bertz CT molecular complexity index is 634. The first kappa shape index (κ1) is 14.9. The summed E-state index contributed by atoms with van der Waals surface area (Å²) in [5.74, 6) is -0.707. The molecule has 2 aliphatic rings. The van der Waals surface area contributed by atoms with Gasteiger partial charge in [0.1, 0.15) is 24.5 Å². The van der Waals surface area contributed by atoms with Gasteiger partial charge in [0.25, 0.3) is 5.91 Å². The second-order valence-electron chi connectivity index (χ2n) is 5.06. The molecule has 1 aliphatic heterocycles. The maximum absolute atomic E-state index is 12.2. The van der Waals surface area contributed by atoms with Crippen LogP contribution in [0.5, 0.6) is 0 Å². The molecule has 118 valence electrons. The molecule has 22 heavy (non-hydrogen) atoms. The Labute approximate surface area is 132 Å². The van der Waals surface area contributed by atoms with Crippen LogP contribution in [0.25, 0.3) is 0 Å². The minimum Gasteiger partial charge on any atom is -0.494 e. The number of carbonyl (C=O) groups excluding carboxylic acids is 2. The number of hydrogen-bond donors (Lipinski definition) is 1. The largest absolute Gasteiger partial charge is 0.494 e. The number of ether oxygens (including phenoxy) is 3. The zero-order valence-electron chi connectivity index (χ0n) is 12.3. The predicted octanol–water partition coefficient (Wildman–Crippen LogP) is 2.24. The monoisotopic (exact) mass is 323 g/mol. The van der Waals surface area contributed by atoms with Gasteiger partial charge < -0.3 is 19.5 Å². The van der Waals surface area contributed by atoms with Crippen LogP contribution in [0.4, 0.5) is 5.00 Å². The number of amides is 1. The van der Waals surface area contributed by atoms with Gasteiger partial charge in [0, 0.05) is 4.88 Å². The highest BCUT2D eigenvalue weighted by Gasteiger charge is 2.28. The number of esters is 1. The van der Waals surface area contributed by atoms with Crippen LogP contribution >= 0.6 is 11.3 Å². The summed E-state index contributed by atoms with van der Waals surface area (Å²) in [5.41, 5.74) is 1.49. The van der Waals surface area contributed by atoms with Crippen molar-refractivity contribution in [1.29, 1.82) is 0 Å². The van der Waals surface area contributed by atoms with Gasteiger partial charge >= 0.3 is 5.97 Å². The highest BCUT2D eigenvalue weighted by molar-refractivity contribution is 7.17. The quantitative estimate of drug-likeness (QED) is 0.864. The van der Waals surface area contributed by atoms with Crippen molar-refractivity contribution in [2.24, 2.45) is 0 Å². The molecule has 1 aromatic rings. The van der Waals surface area contributed by atoms with Gasteiger partial charge in [0.05, 0.1) is 12.7 Å². The standard InChI is InChI=1S/C15H17NO5S/c1-19-15(18)12-9-4-2-3-5-11(9)22-14(12)16-13(17)10-8-20-6-7-21-10/h8H,2-7H2,1H3,(H,16,17). The predicted molar refractivity (Wildman–Crippen MR) is 80.9 cm³/mol. The van der Waals surface area contributed by atoms with Gasteiger partial charge in [0.15, 0.2) is 0 Å². The second-order valence-corrected chi connectivity index (χ2v) is 6.17. The molecular weight excluding hydrogens is 306 g/mol. The lowest BCUT2D eigenvalue weighted by Crippen LogP contribution is -2.21. The Kier molecular flexibility index (Phi) is 4.33. The molecule has 0 bridgehead atoms. The van der Waals surface area contributed by atoms with Crippen LogP contribution in [0.3, 0.4) is 0 Å². The van der Waals surface area contributed by atoms with Crippen molar-refractivity contribution in [3.05, 3.63) is 28.0 Å². The minimum atomic E-state index is -0.413. The van der Waals surface area contributed by atoms with E-state index in [-0.39, 0.29) is 5.76 Å². The van der Waals surface area contributed by atoms with E-state index in [4.69, 9.17) is 14.2 Å². The summed E-state index contributed by atoms with van der Waals surface area (Å²) in [6, 6.07) is 0. The molecule has 0 unspecified atom stereocenters. The fourth-order valence-corrected chi connectivity index (χ4v) is 3.90. The van der Waals surface area contributed by atoms with Crippen molar-refractivity contribution in [1.82, 2.24) is 0 Å². The normalized spacial score (nSPS) is 16.7. The van der Waals surface area contributed by atoms with Gasteiger partial charge in [0.2, 0.25) is 5.76 Å².